The Kier molecular flexibility index (Phi) is 3.73. The Hall–Kier alpha value is -0.900. The molecule has 0 unspecified atom stereocenters. The molecule has 0 aliphatic carbocycles. The first-order valence-electron chi connectivity index (χ1n) is 3.79. The van der Waals surface area contributed by atoms with Gasteiger partial charge in [-0.2, -0.15) is 0 Å². The fourth-order valence-electron chi connectivity index (χ4n) is 0.737. The molecule has 12 heavy (non-hydrogen) atoms. The second-order valence-electron chi connectivity index (χ2n) is 2.30. The maximum Gasteiger partial charge on any atom is 0.180 e. The van der Waals surface area contributed by atoms with Gasteiger partial charge in [0.05, 0.1) is 11.6 Å². The van der Waals surface area contributed by atoms with Crippen LogP contribution in [0.1, 0.15) is 11.9 Å². The van der Waals surface area contributed by atoms with Crippen molar-refractivity contribution in [1.82, 2.24) is 4.98 Å². The van der Waals surface area contributed by atoms with Crippen LogP contribution in [0, 0.1) is 6.92 Å². The van der Waals surface area contributed by atoms with Crippen molar-refractivity contribution in [3.8, 4) is 0 Å². The van der Waals surface area contributed by atoms with Crippen LogP contribution in [0.25, 0.3) is 0 Å². The molecule has 4 heteroatoms. The van der Waals surface area contributed by atoms with E-state index >= 15 is 0 Å². The number of hydrogen-bond donors (Lipinski definition) is 0. The van der Waals surface area contributed by atoms with Gasteiger partial charge >= 0.3 is 0 Å². The molecule has 0 saturated carbocycles. The Morgan fingerprint density at radius 3 is 2.50 bits per heavy atom. The molecule has 3 nitrogen and oxygen atoms in total. The Balaban J connectivity index is 0.000000120. The quantitative estimate of drug-likeness (QED) is 0.617. The number of ether oxygens (including phenoxy) is 1. The lowest BCUT2D eigenvalue weighted by molar-refractivity contribution is 0.345. The molecule has 1 aliphatic heterocycles. The molecule has 1 aromatic heterocycles. The fraction of sp³-hybridized carbons (Fsp3) is 0.500. The van der Waals surface area contributed by atoms with Crippen molar-refractivity contribution in [1.29, 1.82) is 0 Å². The highest BCUT2D eigenvalue weighted by Crippen LogP contribution is 1.98. The van der Waals surface area contributed by atoms with Crippen LogP contribution >= 0.6 is 11.3 Å². The van der Waals surface area contributed by atoms with Crippen molar-refractivity contribution in [2.24, 2.45) is 4.99 Å². The number of aryl methyl sites for hydroxylation is 1. The lowest BCUT2D eigenvalue weighted by atomic mass is 10.8. The molecule has 2 rings (SSSR count). The summed E-state index contributed by atoms with van der Waals surface area (Å²) in [4.78, 5) is 7.87. The maximum atomic E-state index is 4.90. The van der Waals surface area contributed by atoms with Crippen molar-refractivity contribution in [2.45, 2.75) is 13.8 Å². The summed E-state index contributed by atoms with van der Waals surface area (Å²) in [5, 5.41) is 3.10. The van der Waals surface area contributed by atoms with Gasteiger partial charge in [0.25, 0.3) is 0 Å². The minimum absolute atomic E-state index is 0.784. The zero-order valence-electron chi connectivity index (χ0n) is 7.28. The van der Waals surface area contributed by atoms with E-state index in [9.17, 15) is 0 Å². The number of aromatic nitrogens is 1. The molecule has 0 radical (unpaired) electrons. The van der Waals surface area contributed by atoms with Crippen molar-refractivity contribution in [3.05, 3.63) is 16.6 Å². The summed E-state index contributed by atoms with van der Waals surface area (Å²) in [6.07, 6.45) is 1.81. The van der Waals surface area contributed by atoms with Crippen LogP contribution in [0.2, 0.25) is 0 Å². The third-order valence-electron chi connectivity index (χ3n) is 1.29. The molecule has 0 spiro atoms. The highest BCUT2D eigenvalue weighted by Gasteiger charge is 1.96. The van der Waals surface area contributed by atoms with E-state index in [0.29, 0.717) is 0 Å². The molecule has 66 valence electrons. The molecule has 0 aromatic carbocycles. The molecule has 0 fully saturated rings. The zero-order chi connectivity index (χ0) is 8.81. The molecule has 0 amide bonds. The van der Waals surface area contributed by atoms with Gasteiger partial charge in [0.15, 0.2) is 5.90 Å². The molecule has 0 N–H and O–H groups in total. The summed E-state index contributed by atoms with van der Waals surface area (Å²) in [5.74, 6) is 0.829. The summed E-state index contributed by atoms with van der Waals surface area (Å²) in [5.41, 5.74) is 0. The van der Waals surface area contributed by atoms with Crippen LogP contribution in [0.4, 0.5) is 0 Å². The minimum atomic E-state index is 0.784. The number of rotatable bonds is 0. The first-order valence-corrected chi connectivity index (χ1v) is 4.67. The highest BCUT2D eigenvalue weighted by molar-refractivity contribution is 7.09. The summed E-state index contributed by atoms with van der Waals surface area (Å²) < 4.78 is 4.90. The van der Waals surface area contributed by atoms with Crippen LogP contribution in [-0.2, 0) is 4.74 Å². The summed E-state index contributed by atoms with van der Waals surface area (Å²) in [6, 6.07) is 0. The van der Waals surface area contributed by atoms with Gasteiger partial charge in [-0.3, -0.25) is 9.98 Å². The summed E-state index contributed by atoms with van der Waals surface area (Å²) >= 11 is 1.67. The minimum Gasteiger partial charge on any atom is -0.479 e. The number of nitrogens with zero attached hydrogens (tertiary/aromatic N) is 2. The largest absolute Gasteiger partial charge is 0.479 e. The maximum absolute atomic E-state index is 4.90. The smallest absolute Gasteiger partial charge is 0.180 e. The van der Waals surface area contributed by atoms with Crippen LogP contribution < -0.4 is 0 Å². The normalized spacial score (nSPS) is 14.3. The van der Waals surface area contributed by atoms with Crippen LogP contribution in [0.5, 0.6) is 0 Å². The zero-order valence-corrected chi connectivity index (χ0v) is 8.10. The predicted octanol–water partition coefficient (Wildman–Crippen LogP) is 1.89. The van der Waals surface area contributed by atoms with E-state index in [1.165, 1.54) is 0 Å². The molecular weight excluding hydrogens is 172 g/mol. The van der Waals surface area contributed by atoms with Gasteiger partial charge < -0.3 is 4.74 Å². The van der Waals surface area contributed by atoms with E-state index < -0.39 is 0 Å². The Morgan fingerprint density at radius 2 is 2.33 bits per heavy atom. The van der Waals surface area contributed by atoms with Gasteiger partial charge in [-0.15, -0.1) is 11.3 Å². The van der Waals surface area contributed by atoms with E-state index in [0.717, 1.165) is 24.1 Å². The van der Waals surface area contributed by atoms with E-state index in [2.05, 4.69) is 9.98 Å². The Labute approximate surface area is 76.1 Å². The van der Waals surface area contributed by atoms with Gasteiger partial charge in [-0.05, 0) is 6.92 Å². The van der Waals surface area contributed by atoms with E-state index in [-0.39, 0.29) is 0 Å². The first kappa shape index (κ1) is 9.19. The lowest BCUT2D eigenvalue weighted by Gasteiger charge is -1.86. The van der Waals surface area contributed by atoms with Gasteiger partial charge in [0.2, 0.25) is 0 Å². The molecule has 1 aliphatic rings. The third kappa shape index (κ3) is 3.48. The van der Waals surface area contributed by atoms with Crippen LogP contribution in [0.15, 0.2) is 16.6 Å². The second-order valence-corrected chi connectivity index (χ2v) is 3.40. The van der Waals surface area contributed by atoms with Crippen molar-refractivity contribution >= 4 is 17.2 Å². The molecule has 0 bridgehead atoms. The average molecular weight is 184 g/mol. The topological polar surface area (TPSA) is 34.5 Å². The highest BCUT2D eigenvalue weighted by atomic mass is 32.1. The first-order chi connectivity index (χ1) is 5.79. The van der Waals surface area contributed by atoms with E-state index in [4.69, 9.17) is 4.74 Å². The Bertz CT molecular complexity index is 244. The summed E-state index contributed by atoms with van der Waals surface area (Å²) in [6.45, 7) is 5.50. The van der Waals surface area contributed by atoms with Crippen molar-refractivity contribution in [2.75, 3.05) is 13.2 Å². The average Bonchev–Trinajstić information content (AvgIpc) is 2.63. The van der Waals surface area contributed by atoms with Gasteiger partial charge in [-0.25, -0.2) is 0 Å². The predicted molar refractivity (Wildman–Crippen MR) is 50.8 cm³/mol. The fourth-order valence-corrected chi connectivity index (χ4v) is 1.18. The molecule has 1 aromatic rings. The number of aliphatic imine (C=N–C) groups is 1. The van der Waals surface area contributed by atoms with Crippen molar-refractivity contribution in [3.63, 3.8) is 0 Å². The van der Waals surface area contributed by atoms with E-state index in [1.807, 2.05) is 19.2 Å². The molecule has 0 atom stereocenters. The van der Waals surface area contributed by atoms with Gasteiger partial charge in [0.1, 0.15) is 6.61 Å². The van der Waals surface area contributed by atoms with Gasteiger partial charge in [0, 0.05) is 18.5 Å². The standard InChI is InChI=1S/C4H7NO.C4H5NS/c2*1-4-5-2-3-6-4/h2-3H2,1H3;2-3H,1H3. The Morgan fingerprint density at radius 1 is 1.50 bits per heavy atom. The molecule has 2 heterocycles. The second kappa shape index (κ2) is 4.87. The SMILES string of the molecule is CC1=NCCO1.Cc1nccs1. The number of hydrogen-bond acceptors (Lipinski definition) is 4. The summed E-state index contributed by atoms with van der Waals surface area (Å²) in [7, 11) is 0. The van der Waals surface area contributed by atoms with Crippen LogP contribution in [0.3, 0.4) is 0 Å². The van der Waals surface area contributed by atoms with E-state index in [1.54, 1.807) is 17.5 Å². The molecule has 0 saturated heterocycles. The third-order valence-corrected chi connectivity index (χ3v) is 2.00. The monoisotopic (exact) mass is 184 g/mol. The van der Waals surface area contributed by atoms with Gasteiger partial charge in [-0.1, -0.05) is 0 Å². The number of thiazole rings is 1. The van der Waals surface area contributed by atoms with Crippen molar-refractivity contribution < 1.29 is 4.74 Å². The lowest BCUT2D eigenvalue weighted by Crippen LogP contribution is -1.89. The molecular formula is C8H12N2OS. The van der Waals surface area contributed by atoms with Crippen LogP contribution in [-0.4, -0.2) is 24.0 Å².